The van der Waals surface area contributed by atoms with Crippen LogP contribution in [0.5, 0.6) is 5.75 Å². The SMILES string of the molecule is NC(Cc1ccc(O)cc1)C(=O)O.[H-].[H-].[Na+].[Na+]. The third-order valence-corrected chi connectivity index (χ3v) is 1.71. The number of carboxylic acid groups (broad SMARTS) is 1. The molecule has 0 amide bonds. The molecule has 0 saturated carbocycles. The second kappa shape index (κ2) is 8.58. The molecular weight excluding hydrogens is 216 g/mol. The molecule has 1 rings (SSSR count). The Morgan fingerprint density at radius 2 is 1.80 bits per heavy atom. The van der Waals surface area contributed by atoms with Gasteiger partial charge in [-0.25, -0.2) is 0 Å². The Bertz CT molecular complexity index is 312. The van der Waals surface area contributed by atoms with Gasteiger partial charge in [0.2, 0.25) is 0 Å². The molecule has 4 nitrogen and oxygen atoms in total. The van der Waals surface area contributed by atoms with Crippen molar-refractivity contribution in [2.24, 2.45) is 5.73 Å². The summed E-state index contributed by atoms with van der Waals surface area (Å²) in [5.41, 5.74) is 6.12. The fourth-order valence-corrected chi connectivity index (χ4v) is 0.973. The van der Waals surface area contributed by atoms with Crippen LogP contribution in [0.1, 0.15) is 8.42 Å². The Morgan fingerprint density at radius 3 is 2.20 bits per heavy atom. The van der Waals surface area contributed by atoms with Gasteiger partial charge in [0.15, 0.2) is 0 Å². The predicted molar refractivity (Wildman–Crippen MR) is 49.6 cm³/mol. The molecule has 4 N–H and O–H groups in total. The Hall–Kier alpha value is 0.450. The average molecular weight is 229 g/mol. The first kappa shape index (κ1) is 17.8. The van der Waals surface area contributed by atoms with Crippen LogP contribution in [-0.4, -0.2) is 22.2 Å². The van der Waals surface area contributed by atoms with E-state index in [1.54, 1.807) is 12.1 Å². The number of hydrogen-bond donors (Lipinski definition) is 3. The van der Waals surface area contributed by atoms with Crippen molar-refractivity contribution in [3.63, 3.8) is 0 Å². The minimum absolute atomic E-state index is 0. The topological polar surface area (TPSA) is 83.5 Å². The van der Waals surface area contributed by atoms with Crippen molar-refractivity contribution < 1.29 is 77.0 Å². The maximum atomic E-state index is 10.4. The van der Waals surface area contributed by atoms with Crippen molar-refractivity contribution in [2.75, 3.05) is 0 Å². The van der Waals surface area contributed by atoms with Gasteiger partial charge >= 0.3 is 65.1 Å². The van der Waals surface area contributed by atoms with E-state index in [4.69, 9.17) is 15.9 Å². The number of nitrogens with two attached hydrogens (primary N) is 1. The molecule has 0 bridgehead atoms. The van der Waals surface area contributed by atoms with E-state index in [1.807, 2.05) is 0 Å². The van der Waals surface area contributed by atoms with Crippen molar-refractivity contribution in [3.05, 3.63) is 29.8 Å². The van der Waals surface area contributed by atoms with E-state index in [0.717, 1.165) is 5.56 Å². The van der Waals surface area contributed by atoms with E-state index in [9.17, 15) is 4.79 Å². The Labute approximate surface area is 135 Å². The first-order valence-electron chi connectivity index (χ1n) is 3.86. The van der Waals surface area contributed by atoms with E-state index >= 15 is 0 Å². The van der Waals surface area contributed by atoms with Crippen molar-refractivity contribution in [3.8, 4) is 5.75 Å². The third kappa shape index (κ3) is 6.58. The van der Waals surface area contributed by atoms with Crippen molar-refractivity contribution in [1.29, 1.82) is 0 Å². The van der Waals surface area contributed by atoms with Gasteiger partial charge < -0.3 is 18.8 Å². The molecule has 74 valence electrons. The molecule has 1 atom stereocenters. The summed E-state index contributed by atoms with van der Waals surface area (Å²) in [5, 5.41) is 17.5. The molecule has 0 heterocycles. The van der Waals surface area contributed by atoms with Crippen LogP contribution in [0.4, 0.5) is 0 Å². The first-order chi connectivity index (χ1) is 6.09. The summed E-state index contributed by atoms with van der Waals surface area (Å²) in [7, 11) is 0. The van der Waals surface area contributed by atoms with Crippen LogP contribution in [0.3, 0.4) is 0 Å². The van der Waals surface area contributed by atoms with Gasteiger partial charge in [-0.15, -0.1) is 0 Å². The van der Waals surface area contributed by atoms with Gasteiger partial charge in [-0.3, -0.25) is 4.79 Å². The van der Waals surface area contributed by atoms with Gasteiger partial charge in [-0.05, 0) is 24.1 Å². The molecule has 15 heavy (non-hydrogen) atoms. The number of carbonyl (C=O) groups is 1. The largest absolute Gasteiger partial charge is 1.00 e. The van der Waals surface area contributed by atoms with E-state index in [-0.39, 0.29) is 74.1 Å². The van der Waals surface area contributed by atoms with Gasteiger partial charge in [-0.2, -0.15) is 0 Å². The van der Waals surface area contributed by atoms with Crippen LogP contribution in [0.2, 0.25) is 0 Å². The summed E-state index contributed by atoms with van der Waals surface area (Å²) in [6.45, 7) is 0. The van der Waals surface area contributed by atoms with E-state index < -0.39 is 12.0 Å². The van der Waals surface area contributed by atoms with Crippen LogP contribution in [-0.2, 0) is 11.2 Å². The summed E-state index contributed by atoms with van der Waals surface area (Å²) in [6.07, 6.45) is 0.273. The molecule has 0 saturated heterocycles. The number of aliphatic carboxylic acids is 1. The molecule has 1 aromatic carbocycles. The summed E-state index contributed by atoms with van der Waals surface area (Å²) in [6, 6.07) is 5.42. The fraction of sp³-hybridized carbons (Fsp3) is 0.222. The number of benzene rings is 1. The van der Waals surface area contributed by atoms with E-state index in [0.29, 0.717) is 0 Å². The number of aromatic hydroxyl groups is 1. The Balaban J connectivity index is -0.000000211. The van der Waals surface area contributed by atoms with Crippen molar-refractivity contribution in [1.82, 2.24) is 0 Å². The van der Waals surface area contributed by atoms with E-state index in [1.165, 1.54) is 12.1 Å². The minimum atomic E-state index is -1.02. The zero-order valence-electron chi connectivity index (χ0n) is 11.0. The van der Waals surface area contributed by atoms with Crippen LogP contribution in [0, 0.1) is 0 Å². The van der Waals surface area contributed by atoms with Gasteiger partial charge in [0.1, 0.15) is 11.8 Å². The summed E-state index contributed by atoms with van der Waals surface area (Å²) in [5.74, 6) is -0.860. The van der Waals surface area contributed by atoms with Crippen LogP contribution >= 0.6 is 0 Å². The third-order valence-electron chi connectivity index (χ3n) is 1.71. The second-order valence-corrected chi connectivity index (χ2v) is 2.82. The van der Waals surface area contributed by atoms with Gasteiger partial charge in [0.25, 0.3) is 0 Å². The molecular formula is C9H13NNa2O3. The number of carboxylic acids is 1. The van der Waals surface area contributed by atoms with Crippen LogP contribution in [0.15, 0.2) is 24.3 Å². The first-order valence-corrected chi connectivity index (χ1v) is 3.86. The summed E-state index contributed by atoms with van der Waals surface area (Å²) in [4.78, 5) is 10.4. The quantitative estimate of drug-likeness (QED) is 0.452. The molecule has 0 aliphatic carbocycles. The van der Waals surface area contributed by atoms with Gasteiger partial charge in [0.05, 0.1) is 0 Å². The predicted octanol–water partition coefficient (Wildman–Crippen LogP) is -5.42. The Kier molecular flexibility index (Phi) is 10.2. The zero-order valence-corrected chi connectivity index (χ0v) is 13.0. The van der Waals surface area contributed by atoms with E-state index in [2.05, 4.69) is 0 Å². The Morgan fingerprint density at radius 1 is 1.33 bits per heavy atom. The number of phenolic OH excluding ortho intramolecular Hbond substituents is 1. The fourth-order valence-electron chi connectivity index (χ4n) is 0.973. The molecule has 6 heteroatoms. The zero-order chi connectivity index (χ0) is 9.84. The molecule has 0 aromatic heterocycles. The maximum absolute atomic E-state index is 10.4. The smallest absolute Gasteiger partial charge is 1.00 e. The monoisotopic (exact) mass is 229 g/mol. The molecule has 1 unspecified atom stereocenters. The molecule has 0 aliphatic heterocycles. The van der Waals surface area contributed by atoms with Crippen molar-refractivity contribution >= 4 is 5.97 Å². The standard InChI is InChI=1S/C9H11NO3.2Na.2H/c10-8(9(12)13)5-6-1-3-7(11)4-2-6;;;;/h1-4,8,11H,5,10H2,(H,12,13);;;;/q;2*+1;2*-1. The molecule has 0 spiro atoms. The van der Waals surface area contributed by atoms with Gasteiger partial charge in [0, 0.05) is 0 Å². The van der Waals surface area contributed by atoms with Crippen molar-refractivity contribution in [2.45, 2.75) is 12.5 Å². The molecule has 1 aromatic rings. The van der Waals surface area contributed by atoms with Gasteiger partial charge in [-0.1, -0.05) is 12.1 Å². The summed E-state index contributed by atoms with van der Waals surface area (Å²) < 4.78 is 0. The maximum Gasteiger partial charge on any atom is 1.00 e. The number of rotatable bonds is 3. The average Bonchev–Trinajstić information content (AvgIpc) is 2.08. The normalized spacial score (nSPS) is 10.7. The molecule has 0 aliphatic rings. The van der Waals surface area contributed by atoms with Crippen LogP contribution in [0.25, 0.3) is 0 Å². The minimum Gasteiger partial charge on any atom is -1.00 e. The summed E-state index contributed by atoms with van der Waals surface area (Å²) >= 11 is 0. The second-order valence-electron chi connectivity index (χ2n) is 2.82. The number of phenols is 1. The molecule has 0 radical (unpaired) electrons. The number of hydrogen-bond acceptors (Lipinski definition) is 3. The molecule has 0 fully saturated rings. The van der Waals surface area contributed by atoms with Crippen LogP contribution < -0.4 is 64.8 Å².